The number of carboxylic acids is 1. The Kier molecular flexibility index (Phi) is 6.28. The molecule has 0 unspecified atom stereocenters. The molecular weight excluding hydrogens is 430 g/mol. The predicted octanol–water partition coefficient (Wildman–Crippen LogP) is 3.51. The Hall–Kier alpha value is -3.87. The van der Waals surface area contributed by atoms with Crippen LogP contribution in [-0.2, 0) is 16.0 Å². The number of aryl methyl sites for hydroxylation is 2. The Morgan fingerprint density at radius 1 is 1.03 bits per heavy atom. The van der Waals surface area contributed by atoms with Gasteiger partial charge in [0, 0.05) is 37.1 Å². The van der Waals surface area contributed by atoms with Gasteiger partial charge in [-0.1, -0.05) is 29.3 Å². The monoisotopic (exact) mass is 459 g/mol. The summed E-state index contributed by atoms with van der Waals surface area (Å²) in [5.74, 6) is -1.79. The van der Waals surface area contributed by atoms with Crippen LogP contribution >= 0.6 is 0 Å². The predicted molar refractivity (Wildman–Crippen MR) is 129 cm³/mol. The minimum absolute atomic E-state index is 0.264. The largest absolute Gasteiger partial charge is 0.480 e. The Balaban J connectivity index is 1.60. The van der Waals surface area contributed by atoms with Crippen molar-refractivity contribution < 1.29 is 19.5 Å². The Morgan fingerprint density at radius 3 is 2.15 bits per heavy atom. The van der Waals surface area contributed by atoms with Crippen LogP contribution in [-0.4, -0.2) is 51.0 Å². The van der Waals surface area contributed by atoms with E-state index in [4.69, 9.17) is 0 Å². The van der Waals surface area contributed by atoms with Gasteiger partial charge in [0.05, 0.1) is 0 Å². The third-order valence-electron chi connectivity index (χ3n) is 6.35. The van der Waals surface area contributed by atoms with Crippen molar-refractivity contribution in [3.05, 3.63) is 89.2 Å². The lowest BCUT2D eigenvalue weighted by molar-refractivity contribution is -0.143. The van der Waals surface area contributed by atoms with Crippen molar-refractivity contribution in [2.24, 2.45) is 0 Å². The van der Waals surface area contributed by atoms with Crippen LogP contribution in [0.5, 0.6) is 0 Å². The number of aliphatic carboxylic acids is 1. The maximum atomic E-state index is 13.3. The first kappa shape index (κ1) is 23.3. The summed E-state index contributed by atoms with van der Waals surface area (Å²) < 4.78 is 1.98. The molecule has 176 valence electrons. The van der Waals surface area contributed by atoms with Gasteiger partial charge in [-0.25, -0.2) is 4.79 Å². The molecule has 34 heavy (non-hydrogen) atoms. The number of rotatable bonds is 8. The van der Waals surface area contributed by atoms with Crippen molar-refractivity contribution in [1.29, 1.82) is 0 Å². The van der Waals surface area contributed by atoms with Crippen LogP contribution in [0.25, 0.3) is 5.69 Å². The number of benzene rings is 2. The summed E-state index contributed by atoms with van der Waals surface area (Å²) >= 11 is 0. The van der Waals surface area contributed by atoms with Crippen molar-refractivity contribution in [2.75, 3.05) is 7.05 Å². The van der Waals surface area contributed by atoms with E-state index in [0.717, 1.165) is 22.4 Å². The molecule has 3 aromatic rings. The molecule has 1 aliphatic rings. The van der Waals surface area contributed by atoms with Crippen molar-refractivity contribution >= 4 is 17.8 Å². The molecular formula is C27H29N3O4. The van der Waals surface area contributed by atoms with E-state index in [2.05, 4.69) is 5.32 Å². The zero-order valence-corrected chi connectivity index (χ0v) is 19.6. The fourth-order valence-electron chi connectivity index (χ4n) is 4.22. The van der Waals surface area contributed by atoms with Crippen molar-refractivity contribution in [2.45, 2.75) is 44.7 Å². The Bertz CT molecular complexity index is 1190. The van der Waals surface area contributed by atoms with Crippen molar-refractivity contribution in [3.63, 3.8) is 0 Å². The molecule has 4 rings (SSSR count). The first-order chi connectivity index (χ1) is 16.2. The number of aromatic nitrogens is 1. The first-order valence-electron chi connectivity index (χ1n) is 11.3. The Morgan fingerprint density at radius 2 is 1.62 bits per heavy atom. The first-order valence-corrected chi connectivity index (χ1v) is 11.3. The molecule has 0 spiro atoms. The second kappa shape index (κ2) is 9.17. The highest BCUT2D eigenvalue weighted by Crippen LogP contribution is 2.35. The lowest BCUT2D eigenvalue weighted by atomic mass is 10.0. The molecule has 1 atom stereocenters. The van der Waals surface area contributed by atoms with Gasteiger partial charge >= 0.3 is 5.97 Å². The molecule has 1 aromatic heterocycles. The van der Waals surface area contributed by atoms with Gasteiger partial charge in [0.15, 0.2) is 0 Å². The molecule has 0 saturated heterocycles. The molecule has 2 N–H and O–H groups in total. The topological polar surface area (TPSA) is 91.6 Å². The van der Waals surface area contributed by atoms with Crippen molar-refractivity contribution in [1.82, 2.24) is 14.8 Å². The van der Waals surface area contributed by atoms with Crippen LogP contribution in [0.1, 0.15) is 39.9 Å². The van der Waals surface area contributed by atoms with Crippen LogP contribution < -0.4 is 5.32 Å². The molecule has 1 fully saturated rings. The molecule has 0 bridgehead atoms. The van der Waals surface area contributed by atoms with Gasteiger partial charge in [-0.15, -0.1) is 0 Å². The van der Waals surface area contributed by atoms with Gasteiger partial charge in [0.2, 0.25) is 5.91 Å². The van der Waals surface area contributed by atoms with E-state index in [1.165, 1.54) is 4.90 Å². The third kappa shape index (κ3) is 4.88. The quantitative estimate of drug-likeness (QED) is 0.539. The highest BCUT2D eigenvalue weighted by atomic mass is 16.4. The van der Waals surface area contributed by atoms with Gasteiger partial charge < -0.3 is 19.9 Å². The average molecular weight is 460 g/mol. The smallest absolute Gasteiger partial charge is 0.329 e. The number of carbonyl (C=O) groups is 3. The Labute approximate surface area is 199 Å². The minimum atomic E-state index is -1.22. The number of carbonyl (C=O) groups excluding carboxylic acids is 2. The zero-order chi connectivity index (χ0) is 24.5. The molecule has 1 aliphatic carbocycles. The maximum Gasteiger partial charge on any atom is 0.329 e. The van der Waals surface area contributed by atoms with Crippen LogP contribution in [0.15, 0.2) is 67.0 Å². The summed E-state index contributed by atoms with van der Waals surface area (Å²) in [6.45, 7) is 3.84. The van der Waals surface area contributed by atoms with E-state index in [0.29, 0.717) is 18.4 Å². The zero-order valence-electron chi connectivity index (χ0n) is 19.6. The lowest BCUT2D eigenvalue weighted by Crippen LogP contribution is -2.54. The SMILES string of the molecule is Cc1cc(C)cc(C(=O)N(C)[C@H](Cc2ccc(-n3cccc3)cc2)C(=O)NC2(C(=O)O)CC2)c1. The van der Waals surface area contributed by atoms with Gasteiger partial charge in [0.25, 0.3) is 5.91 Å². The second-order valence-electron chi connectivity index (χ2n) is 9.15. The molecule has 7 heteroatoms. The van der Waals surface area contributed by atoms with E-state index in [9.17, 15) is 19.5 Å². The van der Waals surface area contributed by atoms with Crippen molar-refractivity contribution in [3.8, 4) is 5.69 Å². The lowest BCUT2D eigenvalue weighted by Gasteiger charge is -2.29. The molecule has 7 nitrogen and oxygen atoms in total. The van der Waals surface area contributed by atoms with E-state index >= 15 is 0 Å². The molecule has 2 amide bonds. The van der Waals surface area contributed by atoms with E-state index < -0.39 is 23.5 Å². The second-order valence-corrected chi connectivity index (χ2v) is 9.15. The van der Waals surface area contributed by atoms with E-state index in [-0.39, 0.29) is 12.3 Å². The number of hydrogen-bond acceptors (Lipinski definition) is 3. The van der Waals surface area contributed by atoms with Crippen LogP contribution in [0.3, 0.4) is 0 Å². The molecule has 2 aromatic carbocycles. The summed E-state index contributed by atoms with van der Waals surface area (Å²) in [5.41, 5.74) is 3.05. The molecule has 1 saturated carbocycles. The van der Waals surface area contributed by atoms with Crippen LogP contribution in [0.4, 0.5) is 0 Å². The van der Waals surface area contributed by atoms with Crippen LogP contribution in [0, 0.1) is 13.8 Å². The van der Waals surface area contributed by atoms with Crippen LogP contribution in [0.2, 0.25) is 0 Å². The number of likely N-dealkylation sites (N-methyl/N-ethyl adjacent to an activating group) is 1. The highest BCUT2D eigenvalue weighted by Gasteiger charge is 2.52. The molecule has 0 aliphatic heterocycles. The van der Waals surface area contributed by atoms with E-state index in [1.54, 1.807) is 19.2 Å². The van der Waals surface area contributed by atoms with Gasteiger partial charge in [-0.3, -0.25) is 9.59 Å². The number of nitrogens with zero attached hydrogens (tertiary/aromatic N) is 2. The number of nitrogens with one attached hydrogen (secondary N) is 1. The fourth-order valence-corrected chi connectivity index (χ4v) is 4.22. The standard InChI is InChI=1S/C27H29N3O4/c1-18-14-19(2)16-21(15-18)25(32)29(3)23(24(31)28-27(10-11-27)26(33)34)17-20-6-8-22(9-7-20)30-12-4-5-13-30/h4-9,12-16,23H,10-11,17H2,1-3H3,(H,28,31)(H,33,34)/t23-/m1/s1. The summed E-state index contributed by atoms with van der Waals surface area (Å²) in [6, 6.07) is 16.4. The number of amides is 2. The highest BCUT2D eigenvalue weighted by molar-refractivity contribution is 5.99. The summed E-state index contributed by atoms with van der Waals surface area (Å²) in [7, 11) is 1.60. The number of carboxylic acid groups (broad SMARTS) is 1. The maximum absolute atomic E-state index is 13.3. The summed E-state index contributed by atoms with van der Waals surface area (Å²) in [4.78, 5) is 39.7. The summed E-state index contributed by atoms with van der Waals surface area (Å²) in [5, 5.41) is 12.2. The van der Waals surface area contributed by atoms with E-state index in [1.807, 2.05) is 73.3 Å². The number of hydrogen-bond donors (Lipinski definition) is 2. The fraction of sp³-hybridized carbons (Fsp3) is 0.296. The van der Waals surface area contributed by atoms with Gasteiger partial charge in [-0.2, -0.15) is 0 Å². The normalized spacial score (nSPS) is 14.8. The summed E-state index contributed by atoms with van der Waals surface area (Å²) in [6.07, 6.45) is 4.94. The molecule has 1 heterocycles. The average Bonchev–Trinajstić information content (AvgIpc) is 3.38. The third-order valence-corrected chi connectivity index (χ3v) is 6.35. The van der Waals surface area contributed by atoms with Gasteiger partial charge in [-0.05, 0) is 68.7 Å². The van der Waals surface area contributed by atoms with Gasteiger partial charge in [0.1, 0.15) is 11.6 Å². The molecule has 0 radical (unpaired) electrons. The minimum Gasteiger partial charge on any atom is -0.480 e.